The Balaban J connectivity index is 2.17. The van der Waals surface area contributed by atoms with E-state index >= 15 is 0 Å². The van der Waals surface area contributed by atoms with Crippen molar-refractivity contribution >= 4 is 11.8 Å². The minimum absolute atomic E-state index is 0.0956. The van der Waals surface area contributed by atoms with Gasteiger partial charge in [-0.25, -0.2) is 0 Å². The summed E-state index contributed by atoms with van der Waals surface area (Å²) in [6, 6.07) is 0. The van der Waals surface area contributed by atoms with Crippen LogP contribution >= 0.6 is 0 Å². The lowest BCUT2D eigenvalue weighted by Gasteiger charge is -2.19. The first-order valence-electron chi connectivity index (χ1n) is 3.71. The number of hydrogen-bond acceptors (Lipinski definition) is 4. The van der Waals surface area contributed by atoms with E-state index in [1.807, 2.05) is 0 Å². The summed E-state index contributed by atoms with van der Waals surface area (Å²) in [6.45, 7) is -0.0956. The monoisotopic (exact) mass is 181 g/mol. The van der Waals surface area contributed by atoms with Crippen molar-refractivity contribution in [2.75, 3.05) is 6.61 Å². The Kier molecular flexibility index (Phi) is 1.82. The zero-order chi connectivity index (χ0) is 9.26. The van der Waals surface area contributed by atoms with Crippen molar-refractivity contribution in [2.45, 2.75) is 6.10 Å². The molecule has 1 fully saturated rings. The van der Waals surface area contributed by atoms with Gasteiger partial charge in [-0.15, -0.1) is 0 Å². The fraction of sp³-hybridized carbons (Fsp3) is 0.286. The molecule has 0 radical (unpaired) electrons. The molecule has 0 spiro atoms. The van der Waals surface area contributed by atoms with Gasteiger partial charge >= 0.3 is 0 Å². The predicted molar refractivity (Wildman–Crippen MR) is 40.4 cm³/mol. The Morgan fingerprint density at radius 3 is 3.00 bits per heavy atom. The molecule has 1 aromatic heterocycles. The normalized spacial score (nSPS) is 22.9. The zero-order valence-electron chi connectivity index (χ0n) is 6.61. The number of nitrogens with one attached hydrogen (secondary N) is 2. The average molecular weight is 181 g/mol. The summed E-state index contributed by atoms with van der Waals surface area (Å²) in [6.07, 6.45) is 2.32. The third-order valence-electron chi connectivity index (χ3n) is 1.70. The van der Waals surface area contributed by atoms with E-state index < -0.39 is 17.9 Å². The molecule has 6 heteroatoms. The lowest BCUT2D eigenvalue weighted by atomic mass is 10.2. The van der Waals surface area contributed by atoms with Gasteiger partial charge in [-0.05, 0) is 0 Å². The number of H-pyrrole nitrogens is 1. The number of hydrogen-bond donors (Lipinski definition) is 2. The SMILES string of the molecule is O=C1COC(c2cn[nH]c2)C(=O)N1. The minimum atomic E-state index is -0.726. The highest BCUT2D eigenvalue weighted by molar-refractivity contribution is 6.00. The first-order chi connectivity index (χ1) is 6.27. The van der Waals surface area contributed by atoms with E-state index in [0.717, 1.165) is 0 Å². The molecular formula is C7H7N3O3. The number of nitrogens with zero attached hydrogens (tertiary/aromatic N) is 1. The smallest absolute Gasteiger partial charge is 0.260 e. The standard InChI is InChI=1S/C7H7N3O3/c11-5-3-13-6(7(12)10-5)4-1-8-9-2-4/h1-2,6H,3H2,(H,8,9)(H,10,11,12). The summed E-state index contributed by atoms with van der Waals surface area (Å²) in [5.74, 6) is -0.859. The molecule has 2 rings (SSSR count). The Morgan fingerprint density at radius 1 is 1.54 bits per heavy atom. The summed E-state index contributed by atoms with van der Waals surface area (Å²) in [5.41, 5.74) is 0.616. The second kappa shape index (κ2) is 2.98. The van der Waals surface area contributed by atoms with Gasteiger partial charge in [-0.1, -0.05) is 0 Å². The summed E-state index contributed by atoms with van der Waals surface area (Å²) < 4.78 is 5.03. The van der Waals surface area contributed by atoms with Crippen molar-refractivity contribution in [3.05, 3.63) is 18.0 Å². The number of amides is 2. The van der Waals surface area contributed by atoms with Crippen molar-refractivity contribution in [3.8, 4) is 0 Å². The van der Waals surface area contributed by atoms with E-state index in [-0.39, 0.29) is 6.61 Å². The highest BCUT2D eigenvalue weighted by Crippen LogP contribution is 2.17. The number of ether oxygens (including phenoxy) is 1. The molecule has 13 heavy (non-hydrogen) atoms. The fourth-order valence-electron chi connectivity index (χ4n) is 1.13. The van der Waals surface area contributed by atoms with Crippen LogP contribution in [0.1, 0.15) is 11.7 Å². The number of imide groups is 1. The van der Waals surface area contributed by atoms with Crippen LogP contribution in [0, 0.1) is 0 Å². The quantitative estimate of drug-likeness (QED) is 0.551. The Labute approximate surface area is 73.3 Å². The molecule has 2 N–H and O–H groups in total. The molecule has 1 aliphatic rings. The molecule has 0 bridgehead atoms. The average Bonchev–Trinajstić information content (AvgIpc) is 2.56. The molecule has 6 nitrogen and oxygen atoms in total. The highest BCUT2D eigenvalue weighted by atomic mass is 16.5. The number of carbonyl (C=O) groups excluding carboxylic acids is 2. The van der Waals surface area contributed by atoms with Crippen molar-refractivity contribution in [1.29, 1.82) is 0 Å². The van der Waals surface area contributed by atoms with Crippen LogP contribution in [0.25, 0.3) is 0 Å². The molecule has 0 aliphatic carbocycles. The molecule has 2 amide bonds. The van der Waals surface area contributed by atoms with E-state index in [1.165, 1.54) is 6.20 Å². The molecule has 1 aromatic rings. The Morgan fingerprint density at radius 2 is 2.38 bits per heavy atom. The van der Waals surface area contributed by atoms with Crippen molar-refractivity contribution in [2.24, 2.45) is 0 Å². The first-order valence-corrected chi connectivity index (χ1v) is 3.71. The maximum Gasteiger partial charge on any atom is 0.260 e. The molecule has 1 aliphatic heterocycles. The maximum absolute atomic E-state index is 11.2. The summed E-state index contributed by atoms with van der Waals surface area (Å²) in [5, 5.41) is 8.42. The maximum atomic E-state index is 11.2. The summed E-state index contributed by atoms with van der Waals surface area (Å²) >= 11 is 0. The number of rotatable bonds is 1. The first kappa shape index (κ1) is 7.93. The lowest BCUT2D eigenvalue weighted by molar-refractivity contribution is -0.150. The van der Waals surface area contributed by atoms with Gasteiger partial charge in [0.15, 0.2) is 6.10 Å². The van der Waals surface area contributed by atoms with Crippen LogP contribution in [0.2, 0.25) is 0 Å². The van der Waals surface area contributed by atoms with Crippen LogP contribution in [0.4, 0.5) is 0 Å². The van der Waals surface area contributed by atoms with Gasteiger partial charge in [0.25, 0.3) is 11.8 Å². The van der Waals surface area contributed by atoms with Gasteiger partial charge in [0.2, 0.25) is 0 Å². The number of aromatic amines is 1. The molecule has 0 aromatic carbocycles. The van der Waals surface area contributed by atoms with Gasteiger partial charge < -0.3 is 4.74 Å². The van der Waals surface area contributed by atoms with Gasteiger partial charge in [0, 0.05) is 11.8 Å². The van der Waals surface area contributed by atoms with Crippen LogP contribution in [0.3, 0.4) is 0 Å². The van der Waals surface area contributed by atoms with E-state index in [0.29, 0.717) is 5.56 Å². The molecule has 68 valence electrons. The molecule has 1 saturated heterocycles. The summed E-state index contributed by atoms with van der Waals surface area (Å²) in [4.78, 5) is 21.9. The van der Waals surface area contributed by atoms with Gasteiger partial charge in [0.1, 0.15) is 6.61 Å². The van der Waals surface area contributed by atoms with Gasteiger partial charge in [-0.3, -0.25) is 20.0 Å². The topological polar surface area (TPSA) is 84.1 Å². The van der Waals surface area contributed by atoms with Gasteiger partial charge in [-0.2, -0.15) is 5.10 Å². The van der Waals surface area contributed by atoms with Crippen molar-refractivity contribution in [3.63, 3.8) is 0 Å². The molecule has 1 unspecified atom stereocenters. The molecule has 2 heterocycles. The zero-order valence-corrected chi connectivity index (χ0v) is 6.61. The van der Waals surface area contributed by atoms with Gasteiger partial charge in [0.05, 0.1) is 6.20 Å². The van der Waals surface area contributed by atoms with E-state index in [9.17, 15) is 9.59 Å². The Hall–Kier alpha value is -1.69. The van der Waals surface area contributed by atoms with E-state index in [2.05, 4.69) is 15.5 Å². The Bertz CT molecular complexity index is 333. The van der Waals surface area contributed by atoms with Crippen molar-refractivity contribution < 1.29 is 14.3 Å². The van der Waals surface area contributed by atoms with E-state index in [4.69, 9.17) is 4.74 Å². The van der Waals surface area contributed by atoms with Crippen LogP contribution < -0.4 is 5.32 Å². The largest absolute Gasteiger partial charge is 0.354 e. The van der Waals surface area contributed by atoms with Crippen LogP contribution in [-0.4, -0.2) is 28.6 Å². The van der Waals surface area contributed by atoms with Crippen LogP contribution in [-0.2, 0) is 14.3 Å². The second-order valence-electron chi connectivity index (χ2n) is 2.64. The third-order valence-corrected chi connectivity index (χ3v) is 1.70. The molecule has 0 saturated carbocycles. The third kappa shape index (κ3) is 1.43. The molecular weight excluding hydrogens is 174 g/mol. The number of morpholine rings is 1. The highest BCUT2D eigenvalue weighted by Gasteiger charge is 2.29. The summed E-state index contributed by atoms with van der Waals surface area (Å²) in [7, 11) is 0. The number of carbonyl (C=O) groups is 2. The van der Waals surface area contributed by atoms with Crippen molar-refractivity contribution in [1.82, 2.24) is 15.5 Å². The van der Waals surface area contributed by atoms with E-state index in [1.54, 1.807) is 6.20 Å². The fourth-order valence-corrected chi connectivity index (χ4v) is 1.13. The van der Waals surface area contributed by atoms with Crippen LogP contribution in [0.15, 0.2) is 12.4 Å². The molecule has 1 atom stereocenters. The lowest BCUT2D eigenvalue weighted by Crippen LogP contribution is -2.43. The number of aromatic nitrogens is 2. The van der Waals surface area contributed by atoms with Crippen LogP contribution in [0.5, 0.6) is 0 Å². The predicted octanol–water partition coefficient (Wildman–Crippen LogP) is -0.876. The minimum Gasteiger partial charge on any atom is -0.354 e. The second-order valence-corrected chi connectivity index (χ2v) is 2.64.